The maximum absolute atomic E-state index is 11.8. The topological polar surface area (TPSA) is 70.6 Å². The highest BCUT2D eigenvalue weighted by Crippen LogP contribution is 2.17. The molecule has 0 radical (unpaired) electrons. The second-order valence-electron chi connectivity index (χ2n) is 5.91. The number of amides is 2. The Balaban J connectivity index is 2.37. The Morgan fingerprint density at radius 2 is 2.21 bits per heavy atom. The van der Waals surface area contributed by atoms with E-state index < -0.39 is 5.60 Å². The smallest absolute Gasteiger partial charge is 0.315 e. The molecule has 0 bridgehead atoms. The van der Waals surface area contributed by atoms with Gasteiger partial charge >= 0.3 is 6.03 Å². The van der Waals surface area contributed by atoms with Crippen molar-refractivity contribution in [1.29, 1.82) is 0 Å². The minimum absolute atomic E-state index is 0.0477. The van der Waals surface area contributed by atoms with Gasteiger partial charge in [-0.2, -0.15) is 0 Å². The van der Waals surface area contributed by atoms with E-state index in [9.17, 15) is 9.90 Å². The fourth-order valence-electron chi connectivity index (χ4n) is 2.06. The number of aliphatic hydroxyl groups is 1. The zero-order valence-electron chi connectivity index (χ0n) is 12.5. The number of ether oxygens (including phenoxy) is 1. The number of nitrogens with one attached hydrogen (secondary N) is 2. The van der Waals surface area contributed by atoms with E-state index in [2.05, 4.69) is 10.6 Å². The molecule has 3 atom stereocenters. The predicted molar refractivity (Wildman–Crippen MR) is 75.0 cm³/mol. The van der Waals surface area contributed by atoms with Crippen molar-refractivity contribution in [2.75, 3.05) is 13.2 Å². The Bertz CT molecular complexity index is 286. The normalized spacial score (nSPS) is 24.0. The van der Waals surface area contributed by atoms with Crippen molar-refractivity contribution in [3.63, 3.8) is 0 Å². The first kappa shape index (κ1) is 16.2. The highest BCUT2D eigenvalue weighted by Gasteiger charge is 2.28. The molecule has 1 rings (SSSR count). The summed E-state index contributed by atoms with van der Waals surface area (Å²) in [6, 6.07) is -0.185. The van der Waals surface area contributed by atoms with Crippen LogP contribution in [0.15, 0.2) is 0 Å². The molecule has 0 aromatic carbocycles. The van der Waals surface area contributed by atoms with Gasteiger partial charge in [0.1, 0.15) is 0 Å². The first-order valence-electron chi connectivity index (χ1n) is 7.25. The number of carbonyl (C=O) groups is 1. The lowest BCUT2D eigenvalue weighted by Gasteiger charge is -2.29. The van der Waals surface area contributed by atoms with Crippen LogP contribution in [0.25, 0.3) is 0 Å². The van der Waals surface area contributed by atoms with Crippen LogP contribution in [0.1, 0.15) is 47.0 Å². The largest absolute Gasteiger partial charge is 0.388 e. The van der Waals surface area contributed by atoms with E-state index >= 15 is 0 Å². The maximum Gasteiger partial charge on any atom is 0.315 e. The summed E-state index contributed by atoms with van der Waals surface area (Å²) >= 11 is 0. The molecule has 3 unspecified atom stereocenters. The fourth-order valence-corrected chi connectivity index (χ4v) is 2.06. The summed E-state index contributed by atoms with van der Waals surface area (Å²) in [4.78, 5) is 11.8. The van der Waals surface area contributed by atoms with Crippen LogP contribution >= 0.6 is 0 Å². The summed E-state index contributed by atoms with van der Waals surface area (Å²) in [5.74, 6) is 0.0907. The first-order chi connectivity index (χ1) is 8.86. The van der Waals surface area contributed by atoms with Gasteiger partial charge in [0.2, 0.25) is 0 Å². The highest BCUT2D eigenvalue weighted by atomic mass is 16.5. The van der Waals surface area contributed by atoms with Crippen molar-refractivity contribution >= 4 is 6.03 Å². The minimum atomic E-state index is -0.886. The quantitative estimate of drug-likeness (QED) is 0.688. The standard InChI is InChI=1S/C14H28N2O3/c1-5-11(12-7-6-8-19-12)16-13(17)15-9-14(4,18)10(2)3/h10-12,18H,5-9H2,1-4H3,(H2,15,16,17). The molecule has 0 aliphatic carbocycles. The number of urea groups is 1. The van der Waals surface area contributed by atoms with E-state index in [1.807, 2.05) is 20.8 Å². The van der Waals surface area contributed by atoms with Crippen LogP contribution < -0.4 is 10.6 Å². The molecule has 5 heteroatoms. The summed E-state index contributed by atoms with van der Waals surface area (Å²) in [5, 5.41) is 15.7. The highest BCUT2D eigenvalue weighted by molar-refractivity contribution is 5.74. The molecule has 19 heavy (non-hydrogen) atoms. The van der Waals surface area contributed by atoms with Gasteiger partial charge < -0.3 is 20.5 Å². The lowest BCUT2D eigenvalue weighted by atomic mass is 9.93. The molecule has 112 valence electrons. The van der Waals surface area contributed by atoms with E-state index in [-0.39, 0.29) is 30.6 Å². The number of rotatable bonds is 6. The Labute approximate surface area is 116 Å². The molecule has 0 aromatic heterocycles. The van der Waals surface area contributed by atoms with Crippen molar-refractivity contribution in [2.45, 2.75) is 64.7 Å². The van der Waals surface area contributed by atoms with Gasteiger partial charge in [0, 0.05) is 13.2 Å². The van der Waals surface area contributed by atoms with Crippen LogP contribution in [0.4, 0.5) is 4.79 Å². The van der Waals surface area contributed by atoms with Crippen LogP contribution in [0.5, 0.6) is 0 Å². The van der Waals surface area contributed by atoms with E-state index in [0.29, 0.717) is 0 Å². The maximum atomic E-state index is 11.8. The average molecular weight is 272 g/mol. The average Bonchev–Trinajstić information content (AvgIpc) is 2.87. The summed E-state index contributed by atoms with van der Waals surface area (Å²) < 4.78 is 5.60. The summed E-state index contributed by atoms with van der Waals surface area (Å²) in [6.07, 6.45) is 3.04. The van der Waals surface area contributed by atoms with Crippen LogP contribution in [0.2, 0.25) is 0 Å². The second kappa shape index (κ2) is 7.10. The third-order valence-electron chi connectivity index (χ3n) is 4.02. The lowest BCUT2D eigenvalue weighted by Crippen LogP contribution is -2.51. The number of hydrogen-bond donors (Lipinski definition) is 3. The molecular formula is C14H28N2O3. The monoisotopic (exact) mass is 272 g/mol. The lowest BCUT2D eigenvalue weighted by molar-refractivity contribution is 0.0162. The fraction of sp³-hybridized carbons (Fsp3) is 0.929. The SMILES string of the molecule is CCC(NC(=O)NCC(C)(O)C(C)C)C1CCCO1. The van der Waals surface area contributed by atoms with Crippen molar-refractivity contribution in [2.24, 2.45) is 5.92 Å². The van der Waals surface area contributed by atoms with Crippen molar-refractivity contribution < 1.29 is 14.6 Å². The van der Waals surface area contributed by atoms with Gasteiger partial charge in [-0.15, -0.1) is 0 Å². The van der Waals surface area contributed by atoms with Gasteiger partial charge in [-0.25, -0.2) is 4.79 Å². The Morgan fingerprint density at radius 3 is 2.68 bits per heavy atom. The molecule has 1 fully saturated rings. The second-order valence-corrected chi connectivity index (χ2v) is 5.91. The van der Waals surface area contributed by atoms with Gasteiger partial charge in [-0.05, 0) is 32.1 Å². The molecule has 5 nitrogen and oxygen atoms in total. The molecule has 0 aromatic rings. The van der Waals surface area contributed by atoms with Crippen LogP contribution in [0.3, 0.4) is 0 Å². The Kier molecular flexibility index (Phi) is 6.07. The molecule has 0 saturated carbocycles. The number of carbonyl (C=O) groups excluding carboxylic acids is 1. The molecule has 1 aliphatic heterocycles. The van der Waals surface area contributed by atoms with Gasteiger partial charge in [0.25, 0.3) is 0 Å². The van der Waals surface area contributed by atoms with Gasteiger partial charge in [-0.3, -0.25) is 0 Å². The molecule has 2 amide bonds. The molecule has 1 aliphatic rings. The third kappa shape index (κ3) is 4.99. The Morgan fingerprint density at radius 1 is 1.53 bits per heavy atom. The van der Waals surface area contributed by atoms with Crippen molar-refractivity contribution in [1.82, 2.24) is 10.6 Å². The number of hydrogen-bond acceptors (Lipinski definition) is 3. The molecule has 1 heterocycles. The summed E-state index contributed by atoms with van der Waals surface area (Å²) in [7, 11) is 0. The first-order valence-corrected chi connectivity index (χ1v) is 7.25. The van der Waals surface area contributed by atoms with E-state index in [1.54, 1.807) is 6.92 Å². The van der Waals surface area contributed by atoms with Crippen LogP contribution in [-0.2, 0) is 4.74 Å². The minimum Gasteiger partial charge on any atom is -0.388 e. The zero-order chi connectivity index (χ0) is 14.5. The van der Waals surface area contributed by atoms with Crippen molar-refractivity contribution in [3.05, 3.63) is 0 Å². The van der Waals surface area contributed by atoms with Gasteiger partial charge in [0.15, 0.2) is 0 Å². The molecule has 0 spiro atoms. The van der Waals surface area contributed by atoms with E-state index in [0.717, 1.165) is 25.9 Å². The molecule has 1 saturated heterocycles. The molecular weight excluding hydrogens is 244 g/mol. The molecule has 3 N–H and O–H groups in total. The van der Waals surface area contributed by atoms with Crippen molar-refractivity contribution in [3.8, 4) is 0 Å². The van der Waals surface area contributed by atoms with E-state index in [4.69, 9.17) is 4.74 Å². The Hall–Kier alpha value is -0.810. The van der Waals surface area contributed by atoms with Crippen LogP contribution in [0, 0.1) is 5.92 Å². The summed E-state index contributed by atoms with van der Waals surface area (Å²) in [6.45, 7) is 8.67. The van der Waals surface area contributed by atoms with E-state index in [1.165, 1.54) is 0 Å². The van der Waals surface area contributed by atoms with Gasteiger partial charge in [0.05, 0.1) is 17.7 Å². The zero-order valence-corrected chi connectivity index (χ0v) is 12.5. The summed E-state index contributed by atoms with van der Waals surface area (Å²) in [5.41, 5.74) is -0.886. The van der Waals surface area contributed by atoms with Crippen LogP contribution in [-0.4, -0.2) is 42.0 Å². The van der Waals surface area contributed by atoms with Gasteiger partial charge in [-0.1, -0.05) is 20.8 Å². The predicted octanol–water partition coefficient (Wildman–Crippen LogP) is 1.65. The third-order valence-corrected chi connectivity index (χ3v) is 4.02.